The highest BCUT2D eigenvalue weighted by Crippen LogP contribution is 2.28. The SMILES string of the molecule is COc1ccc(CCNC(=O)c2cccc(S(=O)(=O)N3C[C@H](C)C[C@@H](C)C3)c2)cc1OC. The van der Waals surface area contributed by atoms with Gasteiger partial charge in [0.15, 0.2) is 11.5 Å². The van der Waals surface area contributed by atoms with E-state index < -0.39 is 10.0 Å². The molecule has 3 rings (SSSR count). The third kappa shape index (κ3) is 5.61. The lowest BCUT2D eigenvalue weighted by Gasteiger charge is -2.34. The topological polar surface area (TPSA) is 84.9 Å². The van der Waals surface area contributed by atoms with Gasteiger partial charge in [0.05, 0.1) is 19.1 Å². The number of piperidine rings is 1. The van der Waals surface area contributed by atoms with Crippen molar-refractivity contribution in [1.29, 1.82) is 0 Å². The molecular weight excluding hydrogens is 428 g/mol. The number of methoxy groups -OCH3 is 2. The number of carbonyl (C=O) groups excluding carboxylic acids is 1. The highest BCUT2D eigenvalue weighted by Gasteiger charge is 2.31. The standard InChI is InChI=1S/C24H32N2O5S/c1-17-12-18(2)16-26(15-17)32(28,29)21-7-5-6-20(14-21)24(27)25-11-10-19-8-9-22(30-3)23(13-19)31-4/h5-9,13-14,17-18H,10-12,15-16H2,1-4H3,(H,25,27)/t17-,18-/m1/s1. The van der Waals surface area contributed by atoms with Crippen LogP contribution >= 0.6 is 0 Å². The van der Waals surface area contributed by atoms with Gasteiger partial charge in [0.1, 0.15) is 0 Å². The first kappa shape index (κ1) is 24.1. The molecule has 0 bridgehead atoms. The highest BCUT2D eigenvalue weighted by molar-refractivity contribution is 7.89. The van der Waals surface area contributed by atoms with Crippen molar-refractivity contribution in [2.45, 2.75) is 31.6 Å². The largest absolute Gasteiger partial charge is 0.493 e. The van der Waals surface area contributed by atoms with Gasteiger partial charge < -0.3 is 14.8 Å². The number of rotatable bonds is 8. The molecule has 0 spiro atoms. The number of hydrogen-bond acceptors (Lipinski definition) is 5. The predicted octanol–water partition coefficient (Wildman–Crippen LogP) is 3.34. The molecule has 0 unspecified atom stereocenters. The third-order valence-electron chi connectivity index (χ3n) is 5.72. The molecule has 1 fully saturated rings. The third-order valence-corrected chi connectivity index (χ3v) is 7.54. The average Bonchev–Trinajstić information content (AvgIpc) is 2.78. The summed E-state index contributed by atoms with van der Waals surface area (Å²) in [4.78, 5) is 12.8. The number of amides is 1. The maximum absolute atomic E-state index is 13.1. The Morgan fingerprint density at radius 3 is 2.38 bits per heavy atom. The van der Waals surface area contributed by atoms with Crippen molar-refractivity contribution < 1.29 is 22.7 Å². The van der Waals surface area contributed by atoms with Crippen molar-refractivity contribution in [3.05, 3.63) is 53.6 Å². The fraction of sp³-hybridized carbons (Fsp3) is 0.458. The highest BCUT2D eigenvalue weighted by atomic mass is 32.2. The van der Waals surface area contributed by atoms with E-state index in [1.807, 2.05) is 18.2 Å². The van der Waals surface area contributed by atoms with Crippen molar-refractivity contribution in [1.82, 2.24) is 9.62 Å². The minimum atomic E-state index is -3.63. The Bertz CT molecular complexity index is 1040. The maximum atomic E-state index is 13.1. The lowest BCUT2D eigenvalue weighted by molar-refractivity contribution is 0.0954. The van der Waals surface area contributed by atoms with Crippen LogP contribution < -0.4 is 14.8 Å². The van der Waals surface area contributed by atoms with Gasteiger partial charge in [-0.1, -0.05) is 26.0 Å². The van der Waals surface area contributed by atoms with Crippen molar-refractivity contribution in [3.63, 3.8) is 0 Å². The second-order valence-electron chi connectivity index (χ2n) is 8.49. The van der Waals surface area contributed by atoms with Crippen LogP contribution in [0.1, 0.15) is 36.2 Å². The molecule has 7 nitrogen and oxygen atoms in total. The molecule has 8 heteroatoms. The first-order valence-electron chi connectivity index (χ1n) is 10.8. The molecule has 2 aromatic rings. The van der Waals surface area contributed by atoms with E-state index in [0.717, 1.165) is 12.0 Å². The second kappa shape index (κ2) is 10.4. The molecule has 2 aromatic carbocycles. The number of carbonyl (C=O) groups is 1. The van der Waals surface area contributed by atoms with Crippen LogP contribution in [0.15, 0.2) is 47.4 Å². The average molecular weight is 461 g/mol. The second-order valence-corrected chi connectivity index (χ2v) is 10.4. The minimum Gasteiger partial charge on any atom is -0.493 e. The van der Waals surface area contributed by atoms with E-state index in [0.29, 0.717) is 55.0 Å². The van der Waals surface area contributed by atoms with Crippen LogP contribution in [0.4, 0.5) is 0 Å². The van der Waals surface area contributed by atoms with Gasteiger partial charge in [-0.3, -0.25) is 4.79 Å². The summed E-state index contributed by atoms with van der Waals surface area (Å²) in [6.45, 7) is 5.57. The Balaban J connectivity index is 1.65. The van der Waals surface area contributed by atoms with Gasteiger partial charge in [0.2, 0.25) is 10.0 Å². The summed E-state index contributed by atoms with van der Waals surface area (Å²) in [7, 11) is -0.473. The minimum absolute atomic E-state index is 0.159. The molecule has 1 N–H and O–H groups in total. The Morgan fingerprint density at radius 1 is 1.03 bits per heavy atom. The first-order valence-corrected chi connectivity index (χ1v) is 12.3. The fourth-order valence-corrected chi connectivity index (χ4v) is 5.93. The van der Waals surface area contributed by atoms with Crippen LogP contribution in [-0.4, -0.2) is 52.5 Å². The van der Waals surface area contributed by atoms with Crippen LogP contribution in [0, 0.1) is 11.8 Å². The molecule has 1 heterocycles. The molecule has 32 heavy (non-hydrogen) atoms. The smallest absolute Gasteiger partial charge is 0.251 e. The van der Waals surface area contributed by atoms with E-state index in [9.17, 15) is 13.2 Å². The van der Waals surface area contributed by atoms with Crippen LogP contribution in [0.2, 0.25) is 0 Å². The number of ether oxygens (including phenoxy) is 2. The molecule has 1 saturated heterocycles. The number of nitrogens with one attached hydrogen (secondary N) is 1. The summed E-state index contributed by atoms with van der Waals surface area (Å²) in [5.41, 5.74) is 1.32. The molecule has 1 amide bonds. The van der Waals surface area contributed by atoms with Crippen molar-refractivity contribution in [2.24, 2.45) is 11.8 Å². The number of benzene rings is 2. The Labute approximate surface area is 190 Å². The Morgan fingerprint density at radius 2 is 1.72 bits per heavy atom. The summed E-state index contributed by atoms with van der Waals surface area (Å²) in [6, 6.07) is 11.9. The van der Waals surface area contributed by atoms with Gasteiger partial charge in [0.25, 0.3) is 5.91 Å². The van der Waals surface area contributed by atoms with Crippen LogP contribution in [0.25, 0.3) is 0 Å². The van der Waals surface area contributed by atoms with E-state index in [1.54, 1.807) is 36.7 Å². The van der Waals surface area contributed by atoms with Crippen molar-refractivity contribution in [2.75, 3.05) is 33.9 Å². The molecule has 0 aliphatic carbocycles. The van der Waals surface area contributed by atoms with Gasteiger partial charge in [0, 0.05) is 25.2 Å². The van der Waals surface area contributed by atoms with Gasteiger partial charge in [-0.15, -0.1) is 0 Å². The predicted molar refractivity (Wildman–Crippen MR) is 124 cm³/mol. The number of nitrogens with zero attached hydrogens (tertiary/aromatic N) is 1. The molecule has 2 atom stereocenters. The fourth-order valence-electron chi connectivity index (χ4n) is 4.21. The summed E-state index contributed by atoms with van der Waals surface area (Å²) in [6.07, 6.45) is 1.63. The summed E-state index contributed by atoms with van der Waals surface area (Å²) >= 11 is 0. The van der Waals surface area contributed by atoms with Crippen LogP contribution in [0.5, 0.6) is 11.5 Å². The number of sulfonamides is 1. The Kier molecular flexibility index (Phi) is 7.79. The monoisotopic (exact) mass is 460 g/mol. The van der Waals surface area contributed by atoms with E-state index in [4.69, 9.17) is 9.47 Å². The number of hydrogen-bond donors (Lipinski definition) is 1. The molecule has 0 radical (unpaired) electrons. The van der Waals surface area contributed by atoms with E-state index in [1.165, 1.54) is 6.07 Å². The lowest BCUT2D eigenvalue weighted by Crippen LogP contribution is -2.42. The van der Waals surface area contributed by atoms with Gasteiger partial charge >= 0.3 is 0 Å². The van der Waals surface area contributed by atoms with Gasteiger partial charge in [-0.05, 0) is 60.6 Å². The lowest BCUT2D eigenvalue weighted by atomic mass is 9.94. The van der Waals surface area contributed by atoms with Crippen molar-refractivity contribution in [3.8, 4) is 11.5 Å². The maximum Gasteiger partial charge on any atom is 0.251 e. The van der Waals surface area contributed by atoms with Gasteiger partial charge in [-0.2, -0.15) is 4.31 Å². The summed E-state index contributed by atoms with van der Waals surface area (Å²) < 4.78 is 38.4. The summed E-state index contributed by atoms with van der Waals surface area (Å²) in [5, 5.41) is 2.87. The van der Waals surface area contributed by atoms with Crippen LogP contribution in [-0.2, 0) is 16.4 Å². The van der Waals surface area contributed by atoms with Gasteiger partial charge in [-0.25, -0.2) is 8.42 Å². The normalized spacial score (nSPS) is 19.4. The van der Waals surface area contributed by atoms with Crippen molar-refractivity contribution >= 4 is 15.9 Å². The van der Waals surface area contributed by atoms with Crippen LogP contribution in [0.3, 0.4) is 0 Å². The first-order chi connectivity index (χ1) is 15.2. The zero-order valence-electron chi connectivity index (χ0n) is 19.1. The molecular formula is C24H32N2O5S. The van der Waals surface area contributed by atoms with E-state index in [-0.39, 0.29) is 10.8 Å². The molecule has 0 saturated carbocycles. The quantitative estimate of drug-likeness (QED) is 0.653. The summed E-state index contributed by atoms with van der Waals surface area (Å²) in [5.74, 6) is 1.61. The zero-order valence-corrected chi connectivity index (χ0v) is 19.9. The molecule has 174 valence electrons. The zero-order chi connectivity index (χ0) is 23.3. The molecule has 0 aromatic heterocycles. The van der Waals surface area contributed by atoms with E-state index in [2.05, 4.69) is 19.2 Å². The molecule has 1 aliphatic heterocycles. The molecule has 1 aliphatic rings. The van der Waals surface area contributed by atoms with E-state index >= 15 is 0 Å². The Hall–Kier alpha value is -2.58.